The lowest BCUT2D eigenvalue weighted by molar-refractivity contribution is 0.0696. The number of fused-ring (bicyclic) bond motifs is 2. The van der Waals surface area contributed by atoms with Gasteiger partial charge in [0, 0.05) is 16.9 Å². The molecule has 7 heteroatoms. The van der Waals surface area contributed by atoms with Crippen LogP contribution in [0.5, 0.6) is 0 Å². The zero-order valence-corrected chi connectivity index (χ0v) is 14.5. The molecular weight excluding hydrogens is 360 g/mol. The predicted molar refractivity (Wildman–Crippen MR) is 106 cm³/mol. The van der Waals surface area contributed by atoms with Crippen molar-refractivity contribution in [3.63, 3.8) is 0 Å². The van der Waals surface area contributed by atoms with Crippen molar-refractivity contribution in [1.29, 1.82) is 0 Å². The van der Waals surface area contributed by atoms with Gasteiger partial charge in [-0.3, -0.25) is 0 Å². The molecule has 0 saturated heterocycles. The van der Waals surface area contributed by atoms with Crippen LogP contribution in [-0.2, 0) is 0 Å². The van der Waals surface area contributed by atoms with Gasteiger partial charge in [-0.25, -0.2) is 14.0 Å². The van der Waals surface area contributed by atoms with E-state index in [-0.39, 0.29) is 11.1 Å². The fourth-order valence-electron chi connectivity index (χ4n) is 3.29. The van der Waals surface area contributed by atoms with E-state index in [2.05, 4.69) is 0 Å². The lowest BCUT2D eigenvalue weighted by Gasteiger charge is -2.10. The second-order valence-corrected chi connectivity index (χ2v) is 6.36. The molecule has 0 aliphatic heterocycles. The smallest absolute Gasteiger partial charge is 0.363 e. The molecule has 4 rings (SSSR count). The molecule has 1 heterocycles. The maximum Gasteiger partial charge on any atom is 0.363 e. The van der Waals surface area contributed by atoms with Crippen LogP contribution in [0.25, 0.3) is 33.1 Å². The second kappa shape index (κ2) is 6.24. The highest BCUT2D eigenvalue weighted by Gasteiger charge is 2.24. The molecule has 6 N–H and O–H groups in total. The molecule has 0 aliphatic carbocycles. The number of hydrogen-bond donors (Lipinski definition) is 4. The first-order chi connectivity index (χ1) is 13.3. The minimum absolute atomic E-state index is 0.108. The van der Waals surface area contributed by atoms with Crippen molar-refractivity contribution < 1.29 is 24.2 Å². The van der Waals surface area contributed by atoms with Crippen LogP contribution in [0, 0.1) is 0 Å². The van der Waals surface area contributed by atoms with Gasteiger partial charge >= 0.3 is 23.1 Å². The first-order valence-corrected chi connectivity index (χ1v) is 8.31. The van der Waals surface area contributed by atoms with Gasteiger partial charge in [0.1, 0.15) is 0 Å². The fraction of sp³-hybridized carbons (Fsp3) is 0. The van der Waals surface area contributed by atoms with E-state index >= 15 is 0 Å². The molecule has 0 amide bonds. The van der Waals surface area contributed by atoms with Gasteiger partial charge in [0.05, 0.1) is 34.0 Å². The Labute approximate surface area is 158 Å². The van der Waals surface area contributed by atoms with E-state index < -0.39 is 11.9 Å². The Hall–Kier alpha value is -4.13. The molecule has 138 valence electrons. The number of carboxylic acids is 2. The Balaban J connectivity index is 2.18. The summed E-state index contributed by atoms with van der Waals surface area (Å²) >= 11 is 0. The summed E-state index contributed by atoms with van der Waals surface area (Å²) in [6.07, 6.45) is 0. The predicted octanol–water partition coefficient (Wildman–Crippen LogP) is 4.09. The van der Waals surface area contributed by atoms with Crippen LogP contribution in [-0.4, -0.2) is 22.2 Å². The molecule has 7 nitrogen and oxygen atoms in total. The zero-order valence-electron chi connectivity index (χ0n) is 14.5. The average Bonchev–Trinajstić information content (AvgIpc) is 2.65. The van der Waals surface area contributed by atoms with Gasteiger partial charge in [0.25, 0.3) is 0 Å². The van der Waals surface area contributed by atoms with Crippen LogP contribution in [0.2, 0.25) is 0 Å². The third-order valence-corrected chi connectivity index (χ3v) is 4.54. The first kappa shape index (κ1) is 17.3. The Kier molecular flexibility index (Phi) is 3.85. The van der Waals surface area contributed by atoms with Gasteiger partial charge in [-0.2, -0.15) is 0 Å². The summed E-state index contributed by atoms with van der Waals surface area (Å²) in [4.78, 5) is 23.2. The van der Waals surface area contributed by atoms with Gasteiger partial charge in [0.15, 0.2) is 0 Å². The van der Waals surface area contributed by atoms with Gasteiger partial charge in [0.2, 0.25) is 0 Å². The minimum Gasteiger partial charge on any atom is -0.478 e. The third-order valence-electron chi connectivity index (χ3n) is 4.54. The largest absolute Gasteiger partial charge is 0.478 e. The van der Waals surface area contributed by atoms with E-state index in [0.29, 0.717) is 44.4 Å². The van der Waals surface area contributed by atoms with E-state index in [0.717, 1.165) is 6.07 Å². The van der Waals surface area contributed by atoms with Crippen molar-refractivity contribution in [1.82, 2.24) is 0 Å². The number of carboxylic acid groups (broad SMARTS) is 2. The van der Waals surface area contributed by atoms with Crippen molar-refractivity contribution in [3.8, 4) is 11.1 Å². The number of carbonyl (C=O) groups is 2. The Bertz CT molecular complexity index is 1240. The molecule has 0 fully saturated rings. The van der Waals surface area contributed by atoms with Crippen LogP contribution >= 0.6 is 0 Å². The summed E-state index contributed by atoms with van der Waals surface area (Å²) in [6, 6.07) is 14.2. The molecule has 4 aromatic rings. The molecule has 0 unspecified atom stereocenters. The average molecular weight is 375 g/mol. The first-order valence-electron chi connectivity index (χ1n) is 8.31. The normalized spacial score (nSPS) is 11.0. The molecular formula is C21H15N2O5+. The summed E-state index contributed by atoms with van der Waals surface area (Å²) in [5.74, 6) is -2.43. The number of aromatic carboxylic acids is 2. The molecule has 0 atom stereocenters. The minimum atomic E-state index is -1.23. The van der Waals surface area contributed by atoms with Crippen LogP contribution in [0.1, 0.15) is 20.7 Å². The number of nitrogen functional groups attached to an aromatic ring is 2. The van der Waals surface area contributed by atoms with Crippen LogP contribution in [0.4, 0.5) is 11.4 Å². The number of nitrogens with two attached hydrogens (primary N) is 2. The van der Waals surface area contributed by atoms with Crippen molar-refractivity contribution in [2.24, 2.45) is 0 Å². The molecule has 0 spiro atoms. The van der Waals surface area contributed by atoms with Gasteiger partial charge in [-0.1, -0.05) is 6.07 Å². The number of benzene rings is 3. The van der Waals surface area contributed by atoms with Gasteiger partial charge < -0.3 is 21.7 Å². The highest BCUT2D eigenvalue weighted by atomic mass is 16.4. The van der Waals surface area contributed by atoms with Gasteiger partial charge in [-0.05, 0) is 42.0 Å². The van der Waals surface area contributed by atoms with Gasteiger partial charge in [-0.15, -0.1) is 0 Å². The SMILES string of the molecule is Nc1ccc2c(-c3ccc(C(=O)O)cc3C(=O)O)c3ccc(N)cc3[o+]c2c1. The Morgan fingerprint density at radius 1 is 0.750 bits per heavy atom. The second-order valence-electron chi connectivity index (χ2n) is 6.36. The van der Waals surface area contributed by atoms with Crippen LogP contribution in [0.15, 0.2) is 59.0 Å². The number of anilines is 2. The number of hydrogen-bond acceptors (Lipinski definition) is 4. The van der Waals surface area contributed by atoms with E-state index in [1.165, 1.54) is 12.1 Å². The highest BCUT2D eigenvalue weighted by molar-refractivity contribution is 6.13. The molecule has 28 heavy (non-hydrogen) atoms. The van der Waals surface area contributed by atoms with Crippen molar-refractivity contribution in [3.05, 3.63) is 65.7 Å². The monoisotopic (exact) mass is 375 g/mol. The molecule has 1 aromatic heterocycles. The van der Waals surface area contributed by atoms with Crippen LogP contribution < -0.4 is 11.5 Å². The highest BCUT2D eigenvalue weighted by Crippen LogP contribution is 2.39. The molecule has 0 bridgehead atoms. The van der Waals surface area contributed by atoms with Crippen molar-refractivity contribution in [2.45, 2.75) is 0 Å². The zero-order chi connectivity index (χ0) is 20.0. The van der Waals surface area contributed by atoms with E-state index in [1.54, 1.807) is 36.4 Å². The van der Waals surface area contributed by atoms with Crippen LogP contribution in [0.3, 0.4) is 0 Å². The van der Waals surface area contributed by atoms with Crippen molar-refractivity contribution >= 4 is 45.3 Å². The number of rotatable bonds is 3. The standard InChI is InChI=1S/C21H14N2O5/c22-11-2-5-14-17(8-11)28-18-9-12(23)3-6-15(18)19(14)13-4-1-10(20(24)25)7-16(13)21(26)27/h1-9H,22-23H2,(H-,24,25,26,27)/p+1. The maximum absolute atomic E-state index is 11.9. The summed E-state index contributed by atoms with van der Waals surface area (Å²) in [5, 5.41) is 20.2. The molecule has 3 aromatic carbocycles. The summed E-state index contributed by atoms with van der Waals surface area (Å²) < 4.78 is 5.93. The molecule has 0 radical (unpaired) electrons. The topological polar surface area (TPSA) is 138 Å². The molecule has 0 saturated carbocycles. The lowest BCUT2D eigenvalue weighted by atomic mass is 9.92. The fourth-order valence-corrected chi connectivity index (χ4v) is 3.29. The summed E-state index contributed by atoms with van der Waals surface area (Å²) in [5.41, 5.74) is 14.4. The molecule has 0 aliphatic rings. The Morgan fingerprint density at radius 3 is 1.82 bits per heavy atom. The summed E-state index contributed by atoms with van der Waals surface area (Å²) in [7, 11) is 0. The van der Waals surface area contributed by atoms with E-state index in [9.17, 15) is 19.8 Å². The Morgan fingerprint density at radius 2 is 1.32 bits per heavy atom. The quantitative estimate of drug-likeness (QED) is 0.240. The summed E-state index contributed by atoms with van der Waals surface area (Å²) in [6.45, 7) is 0. The lowest BCUT2D eigenvalue weighted by Crippen LogP contribution is -2.05. The van der Waals surface area contributed by atoms with Crippen molar-refractivity contribution in [2.75, 3.05) is 11.5 Å². The van der Waals surface area contributed by atoms with E-state index in [4.69, 9.17) is 15.9 Å². The van der Waals surface area contributed by atoms with E-state index in [1.807, 2.05) is 0 Å². The third kappa shape index (κ3) is 2.75. The maximum atomic E-state index is 11.9.